The Hall–Kier alpha value is -0.620. The van der Waals surface area contributed by atoms with Gasteiger partial charge in [-0.2, -0.15) is 0 Å². The molecule has 2 aliphatic heterocycles. The molecule has 2 aliphatic rings. The summed E-state index contributed by atoms with van der Waals surface area (Å²) in [6.45, 7) is 9.35. The van der Waals surface area contributed by atoms with Gasteiger partial charge >= 0.3 is 0 Å². The van der Waals surface area contributed by atoms with E-state index in [9.17, 15) is 13.2 Å². The molecule has 6 heteroatoms. The number of rotatable bonds is 1. The molecule has 19 heavy (non-hydrogen) atoms. The van der Waals surface area contributed by atoms with E-state index in [1.165, 1.54) is 0 Å². The first kappa shape index (κ1) is 14.8. The van der Waals surface area contributed by atoms with Gasteiger partial charge in [-0.3, -0.25) is 4.79 Å². The van der Waals surface area contributed by atoms with Crippen molar-refractivity contribution in [2.75, 3.05) is 24.6 Å². The molecule has 0 saturated carbocycles. The zero-order chi connectivity index (χ0) is 14.4. The molecule has 5 nitrogen and oxygen atoms in total. The standard InChI is InChI=1S/C13H24N2O3S/c1-9(13(2,3)4)12(16)15-6-5-14-10-7-19(17,18)8-11(10)15/h9-11,14H,5-8H2,1-4H3/t9?,10-,11+/m0/s1. The maximum absolute atomic E-state index is 12.6. The number of nitrogens with zero attached hydrogens (tertiary/aromatic N) is 1. The molecule has 0 spiro atoms. The summed E-state index contributed by atoms with van der Waals surface area (Å²) in [4.78, 5) is 14.4. The minimum Gasteiger partial charge on any atom is -0.336 e. The molecule has 1 amide bonds. The van der Waals surface area contributed by atoms with Crippen LogP contribution >= 0.6 is 0 Å². The Kier molecular flexibility index (Phi) is 3.68. The summed E-state index contributed by atoms with van der Waals surface area (Å²) in [6, 6.07) is -0.272. The van der Waals surface area contributed by atoms with E-state index in [1.807, 2.05) is 27.7 Å². The van der Waals surface area contributed by atoms with Crippen LogP contribution in [0.15, 0.2) is 0 Å². The van der Waals surface area contributed by atoms with E-state index in [0.717, 1.165) is 0 Å². The summed E-state index contributed by atoms with van der Waals surface area (Å²) in [7, 11) is -3.01. The van der Waals surface area contributed by atoms with Gasteiger partial charge in [0.25, 0.3) is 0 Å². The monoisotopic (exact) mass is 288 g/mol. The maximum Gasteiger partial charge on any atom is 0.226 e. The van der Waals surface area contributed by atoms with Gasteiger partial charge in [-0.1, -0.05) is 27.7 Å². The number of hydrogen-bond donors (Lipinski definition) is 1. The molecule has 1 N–H and O–H groups in total. The minimum atomic E-state index is -3.01. The SMILES string of the molecule is CC(C(=O)N1CCN[C@H]2CS(=O)(=O)C[C@H]21)C(C)(C)C. The second kappa shape index (κ2) is 4.74. The van der Waals surface area contributed by atoms with Crippen molar-refractivity contribution in [3.8, 4) is 0 Å². The lowest BCUT2D eigenvalue weighted by Gasteiger charge is -2.41. The fourth-order valence-electron chi connectivity index (χ4n) is 2.76. The lowest BCUT2D eigenvalue weighted by Crippen LogP contribution is -2.60. The minimum absolute atomic E-state index is 0.0844. The molecule has 0 radical (unpaired) electrons. The average Bonchev–Trinajstić information content (AvgIpc) is 2.59. The Bertz CT molecular complexity index is 467. The molecule has 110 valence electrons. The Balaban J connectivity index is 2.18. The summed E-state index contributed by atoms with van der Waals surface area (Å²) in [5, 5.41) is 3.23. The fourth-order valence-corrected chi connectivity index (χ4v) is 4.72. The molecule has 0 aliphatic carbocycles. The van der Waals surface area contributed by atoms with Crippen LogP contribution in [0, 0.1) is 11.3 Å². The summed E-state index contributed by atoms with van der Waals surface area (Å²) < 4.78 is 23.5. The Labute approximate surface area is 115 Å². The molecule has 1 unspecified atom stereocenters. The van der Waals surface area contributed by atoms with Crippen molar-refractivity contribution in [2.24, 2.45) is 11.3 Å². The van der Waals surface area contributed by atoms with Crippen LogP contribution in [0.1, 0.15) is 27.7 Å². The van der Waals surface area contributed by atoms with E-state index < -0.39 is 9.84 Å². The molecule has 2 saturated heterocycles. The molecule has 0 aromatic heterocycles. The summed E-state index contributed by atoms with van der Waals surface area (Å²) in [5.41, 5.74) is -0.102. The van der Waals surface area contributed by atoms with Crippen molar-refractivity contribution in [1.29, 1.82) is 0 Å². The quantitative estimate of drug-likeness (QED) is 0.752. The average molecular weight is 288 g/mol. The lowest BCUT2D eigenvalue weighted by molar-refractivity contribution is -0.141. The molecular formula is C13H24N2O3S. The number of sulfone groups is 1. The molecule has 0 bridgehead atoms. The highest BCUT2D eigenvalue weighted by atomic mass is 32.2. The van der Waals surface area contributed by atoms with Gasteiger partial charge in [0.2, 0.25) is 5.91 Å². The number of hydrogen-bond acceptors (Lipinski definition) is 4. The Morgan fingerprint density at radius 3 is 2.53 bits per heavy atom. The predicted molar refractivity (Wildman–Crippen MR) is 74.6 cm³/mol. The van der Waals surface area contributed by atoms with E-state index in [2.05, 4.69) is 5.32 Å². The van der Waals surface area contributed by atoms with Crippen LogP contribution in [-0.4, -0.2) is 55.9 Å². The van der Waals surface area contributed by atoms with Gasteiger partial charge in [0.1, 0.15) is 0 Å². The van der Waals surface area contributed by atoms with E-state index in [0.29, 0.717) is 13.1 Å². The first-order valence-electron chi connectivity index (χ1n) is 6.86. The van der Waals surface area contributed by atoms with E-state index in [4.69, 9.17) is 0 Å². The summed E-state index contributed by atoms with van der Waals surface area (Å²) in [6.07, 6.45) is 0. The molecule has 2 heterocycles. The van der Waals surface area contributed by atoms with Crippen molar-refractivity contribution in [1.82, 2.24) is 10.2 Å². The van der Waals surface area contributed by atoms with Gasteiger partial charge in [0.05, 0.1) is 17.5 Å². The van der Waals surface area contributed by atoms with E-state index in [1.54, 1.807) is 4.90 Å². The molecule has 3 atom stereocenters. The van der Waals surface area contributed by atoms with Gasteiger partial charge in [-0.05, 0) is 5.41 Å². The van der Waals surface area contributed by atoms with Crippen LogP contribution < -0.4 is 5.32 Å². The van der Waals surface area contributed by atoms with Crippen molar-refractivity contribution >= 4 is 15.7 Å². The highest BCUT2D eigenvalue weighted by molar-refractivity contribution is 7.91. The van der Waals surface area contributed by atoms with E-state index >= 15 is 0 Å². The highest BCUT2D eigenvalue weighted by Crippen LogP contribution is 2.30. The van der Waals surface area contributed by atoms with Crippen LogP contribution in [0.25, 0.3) is 0 Å². The first-order valence-corrected chi connectivity index (χ1v) is 8.68. The van der Waals surface area contributed by atoms with Gasteiger partial charge in [-0.25, -0.2) is 8.42 Å². The number of amides is 1. The second-order valence-corrected chi connectivity index (χ2v) is 8.98. The number of carbonyl (C=O) groups excluding carboxylic acids is 1. The normalized spacial score (nSPS) is 31.9. The summed E-state index contributed by atoms with van der Waals surface area (Å²) >= 11 is 0. The fraction of sp³-hybridized carbons (Fsp3) is 0.923. The molecule has 0 aromatic carbocycles. The largest absolute Gasteiger partial charge is 0.336 e. The third-order valence-electron chi connectivity index (χ3n) is 4.43. The third-order valence-corrected chi connectivity index (χ3v) is 6.15. The predicted octanol–water partition coefficient (Wildman–Crippen LogP) is 0.266. The topological polar surface area (TPSA) is 66.5 Å². The van der Waals surface area contributed by atoms with Gasteiger partial charge in [-0.15, -0.1) is 0 Å². The number of piperazine rings is 1. The number of fused-ring (bicyclic) bond motifs is 1. The Morgan fingerprint density at radius 1 is 1.32 bits per heavy atom. The Morgan fingerprint density at radius 2 is 1.95 bits per heavy atom. The van der Waals surface area contributed by atoms with Gasteiger partial charge in [0.15, 0.2) is 9.84 Å². The van der Waals surface area contributed by atoms with Crippen molar-refractivity contribution in [3.05, 3.63) is 0 Å². The smallest absolute Gasteiger partial charge is 0.226 e. The lowest BCUT2D eigenvalue weighted by atomic mass is 9.81. The van der Waals surface area contributed by atoms with Crippen molar-refractivity contribution < 1.29 is 13.2 Å². The highest BCUT2D eigenvalue weighted by Gasteiger charge is 2.46. The first-order chi connectivity index (χ1) is 8.62. The number of nitrogens with one attached hydrogen (secondary N) is 1. The van der Waals surface area contributed by atoms with Crippen molar-refractivity contribution in [3.63, 3.8) is 0 Å². The summed E-state index contributed by atoms with van der Waals surface area (Å²) in [5.74, 6) is 0.245. The van der Waals surface area contributed by atoms with E-state index in [-0.39, 0.29) is 40.8 Å². The zero-order valence-electron chi connectivity index (χ0n) is 12.1. The zero-order valence-corrected chi connectivity index (χ0v) is 13.0. The van der Waals surface area contributed by atoms with Crippen LogP contribution in [0.3, 0.4) is 0 Å². The van der Waals surface area contributed by atoms with Gasteiger partial charge < -0.3 is 10.2 Å². The molecule has 2 rings (SSSR count). The maximum atomic E-state index is 12.6. The van der Waals surface area contributed by atoms with Gasteiger partial charge in [0, 0.05) is 25.0 Å². The third kappa shape index (κ3) is 2.94. The molecular weight excluding hydrogens is 264 g/mol. The van der Waals surface area contributed by atoms with Crippen molar-refractivity contribution in [2.45, 2.75) is 39.8 Å². The van der Waals surface area contributed by atoms with Crippen LogP contribution in [-0.2, 0) is 14.6 Å². The number of carbonyl (C=O) groups is 1. The molecule has 2 fully saturated rings. The molecule has 0 aromatic rings. The van der Waals surface area contributed by atoms with Crippen LogP contribution in [0.4, 0.5) is 0 Å². The second-order valence-electron chi connectivity index (χ2n) is 6.82. The van der Waals surface area contributed by atoms with Crippen LogP contribution in [0.2, 0.25) is 0 Å². The van der Waals surface area contributed by atoms with Crippen LogP contribution in [0.5, 0.6) is 0 Å².